The van der Waals surface area contributed by atoms with Crippen LogP contribution in [0.4, 0.5) is 0 Å². The molecule has 150 valence electrons. The van der Waals surface area contributed by atoms with Crippen LogP contribution in [0.15, 0.2) is 66.1 Å². The molecular weight excluding hydrogens is 426 g/mol. The minimum atomic E-state index is -0.105. The maximum absolute atomic E-state index is 12.5. The lowest BCUT2D eigenvalue weighted by atomic mass is 10.2. The third-order valence-electron chi connectivity index (χ3n) is 4.02. The van der Waals surface area contributed by atoms with E-state index >= 15 is 0 Å². The molecule has 1 fully saturated rings. The van der Waals surface area contributed by atoms with E-state index in [1.54, 1.807) is 18.2 Å². The van der Waals surface area contributed by atoms with E-state index in [1.807, 2.05) is 42.5 Å². The first kappa shape index (κ1) is 21.4. The molecule has 1 aliphatic rings. The molecule has 0 atom stereocenters. The van der Waals surface area contributed by atoms with Gasteiger partial charge in [-0.25, -0.2) is 0 Å². The third-order valence-corrected chi connectivity index (χ3v) is 5.65. The molecule has 1 heterocycles. The summed E-state index contributed by atoms with van der Waals surface area (Å²) >= 11 is 12.4. The van der Waals surface area contributed by atoms with E-state index in [0.717, 1.165) is 17.7 Å². The Kier molecular flexibility index (Phi) is 7.75. The van der Waals surface area contributed by atoms with Crippen LogP contribution in [0.5, 0.6) is 11.5 Å². The molecule has 0 bridgehead atoms. The standard InChI is InChI=1S/C22H20ClNO3S2/c1-2-12-24-21(25)20(29-22(24)28)15-16-6-3-4-7-19(16)27-14-5-13-26-18-10-8-17(23)9-11-18/h2-4,6-11,15H,1,5,12-14H2/b20-15+. The Morgan fingerprint density at radius 2 is 1.83 bits per heavy atom. The predicted molar refractivity (Wildman–Crippen MR) is 124 cm³/mol. The van der Waals surface area contributed by atoms with Crippen molar-refractivity contribution in [3.63, 3.8) is 0 Å². The lowest BCUT2D eigenvalue weighted by Crippen LogP contribution is -2.27. The molecule has 0 saturated carbocycles. The second-order valence-corrected chi connectivity index (χ2v) is 8.24. The average molecular weight is 446 g/mol. The quantitative estimate of drug-likeness (QED) is 0.218. The number of thioether (sulfide) groups is 1. The first-order valence-electron chi connectivity index (χ1n) is 9.05. The van der Waals surface area contributed by atoms with Gasteiger partial charge in [0.1, 0.15) is 15.8 Å². The highest BCUT2D eigenvalue weighted by atomic mass is 35.5. The van der Waals surface area contributed by atoms with Gasteiger partial charge in [0.25, 0.3) is 5.91 Å². The first-order chi connectivity index (χ1) is 14.1. The SMILES string of the molecule is C=CCN1C(=O)/C(=C\c2ccccc2OCCCOc2ccc(Cl)cc2)SC1=S. The first-order valence-corrected chi connectivity index (χ1v) is 10.6. The molecule has 0 aliphatic carbocycles. The number of para-hydroxylation sites is 1. The number of halogens is 1. The maximum Gasteiger partial charge on any atom is 0.266 e. The summed E-state index contributed by atoms with van der Waals surface area (Å²) in [6.07, 6.45) is 4.21. The fraction of sp³-hybridized carbons (Fsp3) is 0.182. The zero-order valence-electron chi connectivity index (χ0n) is 15.7. The van der Waals surface area contributed by atoms with Crippen LogP contribution in [0.2, 0.25) is 5.02 Å². The largest absolute Gasteiger partial charge is 0.493 e. The van der Waals surface area contributed by atoms with Crippen LogP contribution >= 0.6 is 35.6 Å². The second-order valence-electron chi connectivity index (χ2n) is 6.12. The van der Waals surface area contributed by atoms with Gasteiger partial charge in [-0.2, -0.15) is 0 Å². The van der Waals surface area contributed by atoms with Crippen molar-refractivity contribution < 1.29 is 14.3 Å². The highest BCUT2D eigenvalue weighted by Crippen LogP contribution is 2.34. The van der Waals surface area contributed by atoms with Gasteiger partial charge in [0.15, 0.2) is 0 Å². The zero-order valence-corrected chi connectivity index (χ0v) is 18.1. The number of hydrogen-bond donors (Lipinski definition) is 0. The molecule has 4 nitrogen and oxygen atoms in total. The van der Waals surface area contributed by atoms with E-state index in [4.69, 9.17) is 33.3 Å². The lowest BCUT2D eigenvalue weighted by Gasteiger charge is -2.11. The Balaban J connectivity index is 1.56. The number of hydrogen-bond acceptors (Lipinski definition) is 5. The van der Waals surface area contributed by atoms with Gasteiger partial charge in [-0.15, -0.1) is 6.58 Å². The van der Waals surface area contributed by atoms with Gasteiger partial charge in [-0.1, -0.05) is 59.9 Å². The minimum Gasteiger partial charge on any atom is -0.493 e. The summed E-state index contributed by atoms with van der Waals surface area (Å²) in [4.78, 5) is 14.6. The van der Waals surface area contributed by atoms with Crippen molar-refractivity contribution in [1.82, 2.24) is 4.90 Å². The lowest BCUT2D eigenvalue weighted by molar-refractivity contribution is -0.121. The Bertz CT molecular complexity index is 928. The van der Waals surface area contributed by atoms with Crippen LogP contribution in [0.25, 0.3) is 6.08 Å². The number of thiocarbonyl (C=S) groups is 1. The van der Waals surface area contributed by atoms with Gasteiger partial charge in [0, 0.05) is 23.6 Å². The smallest absolute Gasteiger partial charge is 0.266 e. The summed E-state index contributed by atoms with van der Waals surface area (Å²) in [5.41, 5.74) is 0.838. The molecule has 1 aliphatic heterocycles. The molecule has 1 saturated heterocycles. The summed E-state index contributed by atoms with van der Waals surface area (Å²) in [5, 5.41) is 0.679. The molecule has 0 N–H and O–H groups in total. The van der Waals surface area contributed by atoms with Crippen molar-refractivity contribution in [3.8, 4) is 11.5 Å². The average Bonchev–Trinajstić information content (AvgIpc) is 2.98. The van der Waals surface area contributed by atoms with E-state index in [1.165, 1.54) is 16.7 Å². The van der Waals surface area contributed by atoms with Gasteiger partial charge < -0.3 is 9.47 Å². The van der Waals surface area contributed by atoms with Crippen molar-refractivity contribution in [1.29, 1.82) is 0 Å². The number of nitrogens with zero attached hydrogens (tertiary/aromatic N) is 1. The molecule has 2 aromatic carbocycles. The number of ether oxygens (including phenoxy) is 2. The summed E-state index contributed by atoms with van der Waals surface area (Å²) in [7, 11) is 0. The van der Waals surface area contributed by atoms with E-state index < -0.39 is 0 Å². The van der Waals surface area contributed by atoms with Crippen LogP contribution in [-0.4, -0.2) is 34.9 Å². The molecule has 29 heavy (non-hydrogen) atoms. The van der Waals surface area contributed by atoms with Crippen LogP contribution < -0.4 is 9.47 Å². The summed E-state index contributed by atoms with van der Waals surface area (Å²) in [6, 6.07) is 14.9. The summed E-state index contributed by atoms with van der Waals surface area (Å²) < 4.78 is 12.1. The molecule has 0 spiro atoms. The van der Waals surface area contributed by atoms with Crippen LogP contribution in [-0.2, 0) is 4.79 Å². The summed E-state index contributed by atoms with van der Waals surface area (Å²) in [5.74, 6) is 1.38. The molecule has 0 aromatic heterocycles. The molecule has 2 aromatic rings. The molecule has 3 rings (SSSR count). The van der Waals surface area contributed by atoms with Gasteiger partial charge in [-0.05, 0) is 36.4 Å². The van der Waals surface area contributed by atoms with Crippen LogP contribution in [0, 0.1) is 0 Å². The molecule has 0 radical (unpaired) electrons. The van der Waals surface area contributed by atoms with E-state index in [9.17, 15) is 4.79 Å². The highest BCUT2D eigenvalue weighted by Gasteiger charge is 2.31. The predicted octanol–water partition coefficient (Wildman–Crippen LogP) is 5.58. The minimum absolute atomic E-state index is 0.105. The van der Waals surface area contributed by atoms with Crippen molar-refractivity contribution in [3.05, 3.63) is 76.7 Å². The zero-order chi connectivity index (χ0) is 20.6. The number of carbonyl (C=O) groups excluding carboxylic acids is 1. The van der Waals surface area contributed by atoms with Crippen molar-refractivity contribution in [2.75, 3.05) is 19.8 Å². The van der Waals surface area contributed by atoms with E-state index in [2.05, 4.69) is 6.58 Å². The monoisotopic (exact) mass is 445 g/mol. The van der Waals surface area contributed by atoms with Crippen LogP contribution in [0.3, 0.4) is 0 Å². The Hall–Kier alpha value is -2.28. The number of benzene rings is 2. The van der Waals surface area contributed by atoms with Gasteiger partial charge in [0.05, 0.1) is 18.1 Å². The van der Waals surface area contributed by atoms with Gasteiger partial charge in [-0.3, -0.25) is 9.69 Å². The topological polar surface area (TPSA) is 38.8 Å². The molecule has 1 amide bonds. The van der Waals surface area contributed by atoms with Crippen molar-refractivity contribution >= 4 is 51.9 Å². The second kappa shape index (κ2) is 10.5. The normalized spacial score (nSPS) is 15.1. The Morgan fingerprint density at radius 3 is 2.59 bits per heavy atom. The highest BCUT2D eigenvalue weighted by molar-refractivity contribution is 8.26. The number of rotatable bonds is 9. The molecule has 0 unspecified atom stereocenters. The fourth-order valence-corrected chi connectivity index (χ4v) is 4.01. The third kappa shape index (κ3) is 5.85. The summed E-state index contributed by atoms with van der Waals surface area (Å²) in [6.45, 7) is 5.11. The molecular formula is C22H20ClNO3S2. The Labute approximate surface area is 185 Å². The van der Waals surface area contributed by atoms with Crippen molar-refractivity contribution in [2.24, 2.45) is 0 Å². The van der Waals surface area contributed by atoms with Crippen LogP contribution in [0.1, 0.15) is 12.0 Å². The number of carbonyl (C=O) groups is 1. The van der Waals surface area contributed by atoms with E-state index in [-0.39, 0.29) is 5.91 Å². The fourth-order valence-electron chi connectivity index (χ4n) is 2.62. The Morgan fingerprint density at radius 1 is 1.10 bits per heavy atom. The van der Waals surface area contributed by atoms with Crippen molar-refractivity contribution in [2.45, 2.75) is 6.42 Å². The number of amides is 1. The molecule has 7 heteroatoms. The van der Waals surface area contributed by atoms with Gasteiger partial charge in [0.2, 0.25) is 0 Å². The van der Waals surface area contributed by atoms with Gasteiger partial charge >= 0.3 is 0 Å². The van der Waals surface area contributed by atoms with E-state index in [0.29, 0.717) is 39.8 Å². The maximum atomic E-state index is 12.5.